The molecule has 0 radical (unpaired) electrons. The summed E-state index contributed by atoms with van der Waals surface area (Å²) in [7, 11) is 0. The van der Waals surface area contributed by atoms with Crippen molar-refractivity contribution in [1.82, 2.24) is 14.5 Å². The molecule has 3 unspecified atom stereocenters. The lowest BCUT2D eigenvalue weighted by atomic mass is 9.73. The number of esters is 1. The molecule has 2 fully saturated rings. The predicted octanol–water partition coefficient (Wildman–Crippen LogP) is 4.14. The molecule has 2 aromatic rings. The van der Waals surface area contributed by atoms with Crippen LogP contribution in [0.5, 0.6) is 11.8 Å². The number of aromatic hydroxyl groups is 2. The molecule has 7 rings (SSSR count). The van der Waals surface area contributed by atoms with E-state index in [1.54, 1.807) is 4.57 Å². The number of hydrogen-bond acceptors (Lipinski definition) is 7. The molecule has 0 amide bonds. The zero-order valence-electron chi connectivity index (χ0n) is 21.5. The fraction of sp³-hybridized carbons (Fsp3) is 0.586. The highest BCUT2D eigenvalue weighted by atomic mass is 16.5. The van der Waals surface area contributed by atoms with Gasteiger partial charge in [0, 0.05) is 61.9 Å². The van der Waals surface area contributed by atoms with Crippen molar-refractivity contribution in [1.29, 1.82) is 0 Å². The van der Waals surface area contributed by atoms with Gasteiger partial charge in [-0.25, -0.2) is 4.98 Å². The number of carbonyl (C=O) groups excluding carboxylic acids is 1. The van der Waals surface area contributed by atoms with E-state index in [9.17, 15) is 15.0 Å². The van der Waals surface area contributed by atoms with Crippen LogP contribution in [-0.2, 0) is 16.1 Å². The summed E-state index contributed by atoms with van der Waals surface area (Å²) in [6, 6.07) is 5.97. The van der Waals surface area contributed by atoms with Crippen LogP contribution in [0.15, 0.2) is 36.5 Å². The van der Waals surface area contributed by atoms with Gasteiger partial charge in [0.15, 0.2) is 11.8 Å². The largest absolute Gasteiger partial charge is 0.494 e. The van der Waals surface area contributed by atoms with Crippen LogP contribution in [0.25, 0.3) is 0 Å². The Morgan fingerprint density at radius 1 is 0.919 bits per heavy atom. The summed E-state index contributed by atoms with van der Waals surface area (Å²) in [6.45, 7) is 4.20. The quantitative estimate of drug-likeness (QED) is 0.431. The highest BCUT2D eigenvalue weighted by Crippen LogP contribution is 2.53. The number of rotatable bonds is 7. The SMILES string of the molecule is O=C(OC(CN1CCN(c2ccccn2)CC1)Cn1c(O)c2c(c1O)C1C=CC2CC1)C1CCCCC1. The Labute approximate surface area is 218 Å². The molecule has 37 heavy (non-hydrogen) atoms. The topological polar surface area (TPSA) is 91.1 Å². The van der Waals surface area contributed by atoms with E-state index >= 15 is 0 Å². The Kier molecular flexibility index (Phi) is 6.84. The molecule has 0 spiro atoms. The number of ether oxygens (including phenoxy) is 1. The maximum absolute atomic E-state index is 13.2. The van der Waals surface area contributed by atoms with Crippen molar-refractivity contribution in [3.8, 4) is 11.8 Å². The third kappa shape index (κ3) is 4.83. The first-order chi connectivity index (χ1) is 18.1. The van der Waals surface area contributed by atoms with Crippen LogP contribution in [0.3, 0.4) is 0 Å². The van der Waals surface area contributed by atoms with Gasteiger partial charge in [0.1, 0.15) is 11.9 Å². The molecule has 4 aliphatic carbocycles. The smallest absolute Gasteiger partial charge is 0.309 e. The minimum atomic E-state index is -0.452. The normalized spacial score (nSPS) is 24.7. The first-order valence-corrected chi connectivity index (χ1v) is 14.0. The summed E-state index contributed by atoms with van der Waals surface area (Å²) >= 11 is 0. The van der Waals surface area contributed by atoms with Gasteiger partial charge in [-0.3, -0.25) is 14.3 Å². The van der Waals surface area contributed by atoms with Crippen LogP contribution < -0.4 is 4.90 Å². The number of allylic oxidation sites excluding steroid dienone is 2. The second-order valence-corrected chi connectivity index (χ2v) is 11.1. The fourth-order valence-electron chi connectivity index (χ4n) is 6.76. The van der Waals surface area contributed by atoms with E-state index in [1.165, 1.54) is 6.42 Å². The van der Waals surface area contributed by atoms with Gasteiger partial charge in [-0.2, -0.15) is 0 Å². The van der Waals surface area contributed by atoms with E-state index in [1.807, 2.05) is 24.4 Å². The lowest BCUT2D eigenvalue weighted by Gasteiger charge is -2.37. The first-order valence-electron chi connectivity index (χ1n) is 14.0. The third-order valence-corrected chi connectivity index (χ3v) is 8.80. The van der Waals surface area contributed by atoms with E-state index in [4.69, 9.17) is 4.74 Å². The first kappa shape index (κ1) is 24.3. The molecule has 8 heteroatoms. The van der Waals surface area contributed by atoms with Gasteiger partial charge in [0.25, 0.3) is 0 Å². The molecule has 2 aromatic heterocycles. The molecule has 2 N–H and O–H groups in total. The number of aromatic nitrogens is 2. The molecule has 2 bridgehead atoms. The van der Waals surface area contributed by atoms with Crippen LogP contribution >= 0.6 is 0 Å². The van der Waals surface area contributed by atoms with Crippen LogP contribution in [0.2, 0.25) is 0 Å². The van der Waals surface area contributed by atoms with Gasteiger partial charge in [-0.15, -0.1) is 0 Å². The van der Waals surface area contributed by atoms with Crippen LogP contribution in [0.1, 0.15) is 67.9 Å². The molecule has 8 nitrogen and oxygen atoms in total. The molecular formula is C29H38N4O4. The van der Waals surface area contributed by atoms with Crippen LogP contribution in [0.4, 0.5) is 5.82 Å². The van der Waals surface area contributed by atoms with E-state index in [-0.39, 0.29) is 42.0 Å². The number of carbonyl (C=O) groups is 1. The summed E-state index contributed by atoms with van der Waals surface area (Å²) < 4.78 is 7.74. The van der Waals surface area contributed by atoms with Crippen LogP contribution in [0, 0.1) is 5.92 Å². The average molecular weight is 507 g/mol. The minimum Gasteiger partial charge on any atom is -0.494 e. The predicted molar refractivity (Wildman–Crippen MR) is 141 cm³/mol. The summed E-state index contributed by atoms with van der Waals surface area (Å²) in [6.07, 6.45) is 12.8. The van der Waals surface area contributed by atoms with E-state index < -0.39 is 6.10 Å². The lowest BCUT2D eigenvalue weighted by Crippen LogP contribution is -2.50. The van der Waals surface area contributed by atoms with Crippen molar-refractivity contribution >= 4 is 11.8 Å². The number of anilines is 1. The molecular weight excluding hydrogens is 468 g/mol. The molecule has 1 aliphatic heterocycles. The molecule has 1 saturated carbocycles. The van der Waals surface area contributed by atoms with E-state index in [0.29, 0.717) is 6.54 Å². The Morgan fingerprint density at radius 3 is 2.19 bits per heavy atom. The molecule has 198 valence electrons. The van der Waals surface area contributed by atoms with Crippen molar-refractivity contribution < 1.29 is 19.7 Å². The van der Waals surface area contributed by atoms with Crippen molar-refractivity contribution in [2.45, 2.75) is 69.4 Å². The van der Waals surface area contributed by atoms with Gasteiger partial charge in [-0.1, -0.05) is 37.5 Å². The fourth-order valence-corrected chi connectivity index (χ4v) is 6.76. The standard InChI is InChI=1S/C29H38N4O4/c34-27-25-20-9-10-21(12-11-20)26(25)28(35)33(27)19-23(37-29(36)22-6-2-1-3-7-22)18-31-14-16-32(17-15-31)24-8-4-5-13-30-24/h4-5,8-10,13,20-23,34-35H,1-3,6-7,11-12,14-19H2. The van der Waals surface area contributed by atoms with E-state index in [0.717, 1.165) is 81.6 Å². The number of hydrogen-bond donors (Lipinski definition) is 2. The van der Waals surface area contributed by atoms with Gasteiger partial charge < -0.3 is 19.8 Å². The Balaban J connectivity index is 1.18. The third-order valence-electron chi connectivity index (χ3n) is 8.80. The lowest BCUT2D eigenvalue weighted by molar-refractivity contribution is -0.157. The summed E-state index contributed by atoms with van der Waals surface area (Å²) in [4.78, 5) is 22.2. The monoisotopic (exact) mass is 506 g/mol. The maximum atomic E-state index is 13.2. The Bertz CT molecular complexity index is 1100. The highest BCUT2D eigenvalue weighted by molar-refractivity contribution is 5.72. The average Bonchev–Trinajstić information content (AvgIpc) is 3.22. The highest BCUT2D eigenvalue weighted by Gasteiger charge is 2.38. The number of piperazine rings is 1. The van der Waals surface area contributed by atoms with Crippen LogP contribution in [-0.4, -0.2) is 69.5 Å². The van der Waals surface area contributed by atoms with Crippen molar-refractivity contribution in [2.75, 3.05) is 37.6 Å². The second-order valence-electron chi connectivity index (χ2n) is 11.1. The molecule has 3 atom stereocenters. The number of pyridine rings is 1. The summed E-state index contributed by atoms with van der Waals surface area (Å²) in [5.74, 6) is 1.37. The minimum absolute atomic E-state index is 0.0441. The summed E-state index contributed by atoms with van der Waals surface area (Å²) in [5, 5.41) is 22.4. The summed E-state index contributed by atoms with van der Waals surface area (Å²) in [5.41, 5.74) is 1.72. The van der Waals surface area contributed by atoms with E-state index in [2.05, 4.69) is 26.9 Å². The van der Waals surface area contributed by atoms with Gasteiger partial charge in [-0.05, 0) is 37.8 Å². The number of fused-ring (bicyclic) bond motifs is 1. The Hall–Kier alpha value is -3.00. The van der Waals surface area contributed by atoms with Crippen molar-refractivity contribution in [2.24, 2.45) is 5.92 Å². The molecule has 0 aromatic carbocycles. The van der Waals surface area contributed by atoms with Gasteiger partial charge in [0.2, 0.25) is 0 Å². The molecule has 1 saturated heterocycles. The molecule has 5 aliphatic rings. The zero-order chi connectivity index (χ0) is 25.4. The van der Waals surface area contributed by atoms with Gasteiger partial charge in [0.05, 0.1) is 12.5 Å². The zero-order valence-corrected chi connectivity index (χ0v) is 21.5. The Morgan fingerprint density at radius 2 is 1.59 bits per heavy atom. The molecule has 3 heterocycles. The number of nitrogens with zero attached hydrogens (tertiary/aromatic N) is 4. The second kappa shape index (κ2) is 10.4. The van der Waals surface area contributed by atoms with Gasteiger partial charge >= 0.3 is 5.97 Å². The maximum Gasteiger partial charge on any atom is 0.309 e. The van der Waals surface area contributed by atoms with Crippen molar-refractivity contribution in [3.63, 3.8) is 0 Å². The van der Waals surface area contributed by atoms with Crippen molar-refractivity contribution in [3.05, 3.63) is 47.7 Å².